The van der Waals surface area contributed by atoms with Gasteiger partial charge >= 0.3 is 11.9 Å². The number of esters is 2. The van der Waals surface area contributed by atoms with Crippen LogP contribution < -0.4 is 10.6 Å². The lowest BCUT2D eigenvalue weighted by atomic mass is 10.0. The molecule has 4 aromatic rings. The van der Waals surface area contributed by atoms with Crippen molar-refractivity contribution in [3.63, 3.8) is 0 Å². The van der Waals surface area contributed by atoms with Crippen LogP contribution in [0.4, 0.5) is 0 Å². The van der Waals surface area contributed by atoms with Crippen molar-refractivity contribution < 1.29 is 38.6 Å². The van der Waals surface area contributed by atoms with E-state index in [0.717, 1.165) is 22.3 Å². The van der Waals surface area contributed by atoms with Gasteiger partial charge in [0, 0.05) is 19.1 Å². The fraction of sp³-hybridized carbons (Fsp3) is 0.262. The van der Waals surface area contributed by atoms with Crippen molar-refractivity contribution in [3.05, 3.63) is 155 Å². The number of amides is 3. The van der Waals surface area contributed by atoms with Crippen LogP contribution in [-0.4, -0.2) is 69.5 Å². The number of β-lactam (4-membered cyclic amide) rings is 1. The van der Waals surface area contributed by atoms with Gasteiger partial charge < -0.3 is 25.2 Å². The van der Waals surface area contributed by atoms with E-state index in [0.29, 0.717) is 5.57 Å². The van der Waals surface area contributed by atoms with Gasteiger partial charge in [-0.25, -0.2) is 9.59 Å². The Balaban J connectivity index is 1.07. The summed E-state index contributed by atoms with van der Waals surface area (Å²) in [6, 6.07) is 35.1. The highest BCUT2D eigenvalue weighted by Gasteiger charge is 2.54. The number of benzene rings is 4. The van der Waals surface area contributed by atoms with Gasteiger partial charge in [0.05, 0.1) is 6.61 Å². The number of aliphatic hydroxyl groups is 1. The number of aliphatic hydroxyl groups excluding tert-OH is 1. The molecule has 0 aromatic heterocycles. The summed E-state index contributed by atoms with van der Waals surface area (Å²) < 4.78 is 12.0. The second-order valence-electron chi connectivity index (χ2n) is 13.0. The van der Waals surface area contributed by atoms with Crippen molar-refractivity contribution in [2.24, 2.45) is 0 Å². The Kier molecular flexibility index (Phi) is 12.6. The molecule has 2 heterocycles. The number of nitrogens with one attached hydrogen (secondary N) is 2. The number of hydrogen-bond donors (Lipinski definition) is 3. The Morgan fingerprint density at radius 1 is 0.778 bits per heavy atom. The monoisotopic (exact) mass is 747 g/mol. The van der Waals surface area contributed by atoms with Crippen LogP contribution in [0.15, 0.2) is 133 Å². The summed E-state index contributed by atoms with van der Waals surface area (Å²) in [5.41, 5.74) is 3.36. The number of carbonyl (C=O) groups is 5. The number of hydrogen-bond acceptors (Lipinski definition) is 9. The summed E-state index contributed by atoms with van der Waals surface area (Å²) in [6.45, 7) is 0.862. The van der Waals surface area contributed by atoms with E-state index in [1.165, 1.54) is 23.6 Å². The number of ether oxygens (including phenoxy) is 2. The molecule has 3 atom stereocenters. The van der Waals surface area contributed by atoms with Gasteiger partial charge in [0.1, 0.15) is 23.2 Å². The molecule has 3 amide bonds. The third-order valence-corrected chi connectivity index (χ3v) is 10.5. The molecule has 4 aromatic carbocycles. The Hall–Kier alpha value is -5.72. The molecule has 0 radical (unpaired) electrons. The van der Waals surface area contributed by atoms with Crippen LogP contribution in [0.3, 0.4) is 0 Å². The Morgan fingerprint density at radius 2 is 1.26 bits per heavy atom. The zero-order valence-electron chi connectivity index (χ0n) is 29.6. The van der Waals surface area contributed by atoms with Crippen LogP contribution in [0.2, 0.25) is 0 Å². The number of carbonyl (C=O) groups excluding carboxylic acids is 5. The highest BCUT2D eigenvalue weighted by atomic mass is 32.2. The zero-order chi connectivity index (χ0) is 38.0. The van der Waals surface area contributed by atoms with Gasteiger partial charge in [-0.2, -0.15) is 0 Å². The van der Waals surface area contributed by atoms with Crippen molar-refractivity contribution in [2.45, 2.75) is 55.9 Å². The molecule has 0 aliphatic carbocycles. The molecular formula is C42H41N3O8S. The minimum Gasteiger partial charge on any atom is -0.451 e. The smallest absolute Gasteiger partial charge is 0.356 e. The summed E-state index contributed by atoms with van der Waals surface area (Å²) in [5, 5.41) is 15.0. The van der Waals surface area contributed by atoms with Crippen molar-refractivity contribution >= 4 is 41.4 Å². The Labute approximate surface area is 317 Å². The van der Waals surface area contributed by atoms with Crippen molar-refractivity contribution in [2.75, 3.05) is 12.4 Å². The van der Waals surface area contributed by atoms with Crippen LogP contribution >= 0.6 is 11.8 Å². The highest BCUT2D eigenvalue weighted by molar-refractivity contribution is 8.00. The lowest BCUT2D eigenvalue weighted by Crippen LogP contribution is -2.70. The van der Waals surface area contributed by atoms with E-state index in [1.807, 2.05) is 121 Å². The van der Waals surface area contributed by atoms with Crippen LogP contribution in [0.25, 0.3) is 0 Å². The van der Waals surface area contributed by atoms with Gasteiger partial charge in [0.2, 0.25) is 11.8 Å². The van der Waals surface area contributed by atoms with Crippen LogP contribution in [0, 0.1) is 0 Å². The van der Waals surface area contributed by atoms with Crippen LogP contribution in [0.1, 0.15) is 60.6 Å². The standard InChI is InChI=1S/C42H41N3O8S/c1-27(47)43-33(41(50)52-37(28-15-6-2-7-16-28)29-17-8-3-9-18-29)23-14-24-34(48)44-35-39(49)45-36(32(25-46)26-54-40(35)45)42(51)53-38(30-19-10-4-11-20-30)31-21-12-5-13-22-31/h2-13,15-22,33,35,37-38,40,46H,14,23-26H2,1H3,(H,43,47)(H,44,48)/t33?,35?,40-/m1/s1. The predicted molar refractivity (Wildman–Crippen MR) is 202 cm³/mol. The lowest BCUT2D eigenvalue weighted by Gasteiger charge is -2.49. The van der Waals surface area contributed by atoms with Crippen molar-refractivity contribution in [3.8, 4) is 0 Å². The minimum absolute atomic E-state index is 0.0189. The molecule has 2 unspecified atom stereocenters. The maximum absolute atomic E-state index is 13.8. The van der Waals surface area contributed by atoms with Gasteiger partial charge in [-0.05, 0) is 40.7 Å². The summed E-state index contributed by atoms with van der Waals surface area (Å²) in [7, 11) is 0. The molecule has 0 bridgehead atoms. The molecule has 1 fully saturated rings. The van der Waals surface area contributed by atoms with E-state index < -0.39 is 65.9 Å². The van der Waals surface area contributed by atoms with E-state index in [2.05, 4.69) is 10.6 Å². The van der Waals surface area contributed by atoms with Gasteiger partial charge in [-0.15, -0.1) is 11.8 Å². The molecule has 11 nitrogen and oxygen atoms in total. The number of rotatable bonds is 15. The number of nitrogens with zero attached hydrogens (tertiary/aromatic N) is 1. The molecule has 278 valence electrons. The van der Waals surface area contributed by atoms with Gasteiger partial charge in [-0.1, -0.05) is 121 Å². The molecule has 3 N–H and O–H groups in total. The highest BCUT2D eigenvalue weighted by Crippen LogP contribution is 2.41. The number of fused-ring (bicyclic) bond motifs is 1. The topological polar surface area (TPSA) is 151 Å². The zero-order valence-corrected chi connectivity index (χ0v) is 30.4. The first kappa shape index (κ1) is 38.0. The average Bonchev–Trinajstić information content (AvgIpc) is 3.21. The fourth-order valence-corrected chi connectivity index (χ4v) is 7.86. The summed E-state index contributed by atoms with van der Waals surface area (Å²) >= 11 is 1.33. The summed E-state index contributed by atoms with van der Waals surface area (Å²) in [6.07, 6.45) is -1.16. The first-order chi connectivity index (χ1) is 26.2. The molecule has 0 spiro atoms. The van der Waals surface area contributed by atoms with E-state index >= 15 is 0 Å². The third kappa shape index (κ3) is 8.90. The molecule has 2 aliphatic rings. The van der Waals surface area contributed by atoms with Crippen LogP contribution in [-0.2, 0) is 33.4 Å². The van der Waals surface area contributed by atoms with E-state index in [9.17, 15) is 29.1 Å². The van der Waals surface area contributed by atoms with Gasteiger partial charge in [0.25, 0.3) is 5.91 Å². The minimum atomic E-state index is -1.01. The molecule has 1 saturated heterocycles. The molecular weight excluding hydrogens is 707 g/mol. The molecule has 54 heavy (non-hydrogen) atoms. The third-order valence-electron chi connectivity index (χ3n) is 9.17. The molecule has 2 aliphatic heterocycles. The van der Waals surface area contributed by atoms with Gasteiger partial charge in [-0.3, -0.25) is 19.3 Å². The fourth-order valence-electron chi connectivity index (χ4n) is 6.53. The lowest BCUT2D eigenvalue weighted by molar-refractivity contribution is -0.154. The molecule has 12 heteroatoms. The molecule has 0 saturated carbocycles. The summed E-state index contributed by atoms with van der Waals surface area (Å²) in [5.74, 6) is -2.48. The Bertz CT molecular complexity index is 1900. The predicted octanol–water partition coefficient (Wildman–Crippen LogP) is 4.97. The normalized spacial score (nSPS) is 17.0. The Morgan fingerprint density at radius 3 is 1.72 bits per heavy atom. The largest absolute Gasteiger partial charge is 0.451 e. The first-order valence-electron chi connectivity index (χ1n) is 17.7. The van der Waals surface area contributed by atoms with E-state index in [-0.39, 0.29) is 30.7 Å². The van der Waals surface area contributed by atoms with Crippen LogP contribution in [0.5, 0.6) is 0 Å². The summed E-state index contributed by atoms with van der Waals surface area (Å²) in [4.78, 5) is 67.3. The van der Waals surface area contributed by atoms with Gasteiger partial charge in [0.15, 0.2) is 12.2 Å². The van der Waals surface area contributed by atoms with E-state index in [1.54, 1.807) is 0 Å². The number of thioether (sulfide) groups is 1. The maximum Gasteiger partial charge on any atom is 0.356 e. The van der Waals surface area contributed by atoms with E-state index in [4.69, 9.17) is 9.47 Å². The SMILES string of the molecule is CC(=O)NC(CCCC(=O)NC1C(=O)N2C(C(=O)OC(c3ccccc3)c3ccccc3)=C(CO)CS[C@H]12)C(=O)OC(c1ccccc1)c1ccccc1. The second-order valence-corrected chi connectivity index (χ2v) is 14.1. The maximum atomic E-state index is 13.8. The first-order valence-corrected chi connectivity index (χ1v) is 18.7. The molecule has 6 rings (SSSR count). The quantitative estimate of drug-likeness (QED) is 0.113. The average molecular weight is 748 g/mol. The van der Waals surface area contributed by atoms with Crippen molar-refractivity contribution in [1.29, 1.82) is 0 Å². The van der Waals surface area contributed by atoms with Crippen molar-refractivity contribution in [1.82, 2.24) is 15.5 Å². The second kappa shape index (κ2) is 17.9.